The van der Waals surface area contributed by atoms with Gasteiger partial charge < -0.3 is 10.4 Å². The number of carbonyl (C=O) groups is 2. The van der Waals surface area contributed by atoms with Crippen LogP contribution in [0.15, 0.2) is 5.51 Å². The van der Waals surface area contributed by atoms with Crippen LogP contribution in [0.25, 0.3) is 0 Å². The highest BCUT2D eigenvalue weighted by atomic mass is 32.1. The lowest BCUT2D eigenvalue weighted by Crippen LogP contribution is -2.33. The van der Waals surface area contributed by atoms with E-state index < -0.39 is 5.97 Å². The van der Waals surface area contributed by atoms with Gasteiger partial charge >= 0.3 is 5.97 Å². The molecule has 0 spiro atoms. The van der Waals surface area contributed by atoms with Gasteiger partial charge in [0.25, 0.3) is 5.91 Å². The lowest BCUT2D eigenvalue weighted by Gasteiger charge is -2.11. The van der Waals surface area contributed by atoms with Gasteiger partial charge in [-0.3, -0.25) is 9.59 Å². The molecule has 1 saturated carbocycles. The summed E-state index contributed by atoms with van der Waals surface area (Å²) < 4.78 is 0. The molecule has 1 fully saturated rings. The predicted molar refractivity (Wildman–Crippen MR) is 63.1 cm³/mol. The van der Waals surface area contributed by atoms with Crippen molar-refractivity contribution in [3.8, 4) is 0 Å². The number of carbonyl (C=O) groups excluding carboxylic acids is 1. The quantitative estimate of drug-likeness (QED) is 0.855. The third kappa shape index (κ3) is 2.63. The fourth-order valence-corrected chi connectivity index (χ4v) is 2.81. The molecule has 0 unspecified atom stereocenters. The summed E-state index contributed by atoms with van der Waals surface area (Å²) in [5.74, 6) is -1.22. The van der Waals surface area contributed by atoms with Gasteiger partial charge in [-0.25, -0.2) is 4.98 Å². The van der Waals surface area contributed by atoms with E-state index in [1.165, 1.54) is 11.3 Å². The molecular formula is C11H14N2O3S. The fraction of sp³-hybridized carbons (Fsp3) is 0.545. The molecule has 0 radical (unpaired) electrons. The number of thiazole rings is 1. The first-order valence-corrected chi connectivity index (χ1v) is 6.39. The summed E-state index contributed by atoms with van der Waals surface area (Å²) in [6.45, 7) is 1.79. The maximum absolute atomic E-state index is 11.9. The lowest BCUT2D eigenvalue weighted by atomic mass is 10.1. The van der Waals surface area contributed by atoms with Gasteiger partial charge in [0.2, 0.25) is 0 Å². The van der Waals surface area contributed by atoms with Crippen LogP contribution in [0.5, 0.6) is 0 Å². The molecule has 1 aliphatic rings. The number of rotatable bonds is 3. The highest BCUT2D eigenvalue weighted by molar-refractivity contribution is 7.11. The number of aliphatic carboxylic acids is 1. The topological polar surface area (TPSA) is 79.3 Å². The third-order valence-electron chi connectivity index (χ3n) is 3.07. The average Bonchev–Trinajstić information content (AvgIpc) is 2.86. The molecule has 0 saturated heterocycles. The van der Waals surface area contributed by atoms with E-state index in [-0.39, 0.29) is 17.9 Å². The van der Waals surface area contributed by atoms with Gasteiger partial charge in [0.1, 0.15) is 4.88 Å². The molecule has 0 bridgehead atoms. The minimum Gasteiger partial charge on any atom is -0.481 e. The van der Waals surface area contributed by atoms with Gasteiger partial charge in [0.05, 0.1) is 17.1 Å². The molecular weight excluding hydrogens is 240 g/mol. The Hall–Kier alpha value is -1.43. The Morgan fingerprint density at radius 3 is 2.82 bits per heavy atom. The number of aryl methyl sites for hydroxylation is 1. The van der Waals surface area contributed by atoms with Crippen molar-refractivity contribution in [2.75, 3.05) is 0 Å². The second kappa shape index (κ2) is 4.83. The van der Waals surface area contributed by atoms with E-state index in [1.54, 1.807) is 12.4 Å². The summed E-state index contributed by atoms with van der Waals surface area (Å²) in [4.78, 5) is 27.3. The monoisotopic (exact) mass is 254 g/mol. The molecule has 92 valence electrons. The van der Waals surface area contributed by atoms with E-state index in [4.69, 9.17) is 5.11 Å². The SMILES string of the molecule is Cc1ncsc1C(=O)N[C@H]1CC[C@H](C(=O)O)C1. The van der Waals surface area contributed by atoms with Crippen molar-refractivity contribution >= 4 is 23.2 Å². The maximum atomic E-state index is 11.9. The number of aromatic nitrogens is 1. The van der Waals surface area contributed by atoms with Gasteiger partial charge in [-0.1, -0.05) is 0 Å². The Bertz CT molecular complexity index is 444. The maximum Gasteiger partial charge on any atom is 0.306 e. The van der Waals surface area contributed by atoms with E-state index in [9.17, 15) is 9.59 Å². The van der Waals surface area contributed by atoms with Crippen LogP contribution >= 0.6 is 11.3 Å². The minimum absolute atomic E-state index is 0.0231. The van der Waals surface area contributed by atoms with Crippen LogP contribution in [0.3, 0.4) is 0 Å². The van der Waals surface area contributed by atoms with E-state index in [2.05, 4.69) is 10.3 Å². The largest absolute Gasteiger partial charge is 0.481 e. The van der Waals surface area contributed by atoms with E-state index in [0.717, 1.165) is 12.1 Å². The smallest absolute Gasteiger partial charge is 0.306 e. The number of hydrogen-bond acceptors (Lipinski definition) is 4. The van der Waals surface area contributed by atoms with Crippen molar-refractivity contribution in [2.45, 2.75) is 32.2 Å². The number of nitrogens with zero attached hydrogens (tertiary/aromatic N) is 1. The van der Waals surface area contributed by atoms with Crippen molar-refractivity contribution in [3.63, 3.8) is 0 Å². The highest BCUT2D eigenvalue weighted by Crippen LogP contribution is 2.26. The molecule has 0 aromatic carbocycles. The minimum atomic E-state index is -0.768. The number of amides is 1. The third-order valence-corrected chi connectivity index (χ3v) is 4.00. The van der Waals surface area contributed by atoms with Crippen LogP contribution in [0.2, 0.25) is 0 Å². The predicted octanol–water partition coefficient (Wildman–Crippen LogP) is 1.43. The Morgan fingerprint density at radius 1 is 1.53 bits per heavy atom. The Labute approximate surface area is 103 Å². The number of hydrogen-bond donors (Lipinski definition) is 2. The fourth-order valence-electron chi connectivity index (χ4n) is 2.11. The van der Waals surface area contributed by atoms with Crippen LogP contribution in [-0.2, 0) is 4.79 Å². The molecule has 17 heavy (non-hydrogen) atoms. The van der Waals surface area contributed by atoms with Crippen LogP contribution < -0.4 is 5.32 Å². The summed E-state index contributed by atoms with van der Waals surface area (Å²) >= 11 is 1.31. The molecule has 1 aliphatic carbocycles. The van der Waals surface area contributed by atoms with Crippen molar-refractivity contribution < 1.29 is 14.7 Å². The number of carboxylic acids is 1. The summed E-state index contributed by atoms with van der Waals surface area (Å²) in [6, 6.07) is -0.0231. The Balaban J connectivity index is 1.93. The van der Waals surface area contributed by atoms with Crippen LogP contribution in [-0.4, -0.2) is 28.0 Å². The highest BCUT2D eigenvalue weighted by Gasteiger charge is 2.31. The van der Waals surface area contributed by atoms with Crippen molar-refractivity contribution in [2.24, 2.45) is 5.92 Å². The molecule has 1 amide bonds. The second-order valence-corrected chi connectivity index (χ2v) is 5.14. The molecule has 1 heterocycles. The Morgan fingerprint density at radius 2 is 2.29 bits per heavy atom. The zero-order chi connectivity index (χ0) is 12.4. The number of nitrogens with one attached hydrogen (secondary N) is 1. The van der Waals surface area contributed by atoms with Crippen LogP contribution in [0, 0.1) is 12.8 Å². The molecule has 6 heteroatoms. The summed E-state index contributed by atoms with van der Waals surface area (Å²) in [5.41, 5.74) is 2.36. The summed E-state index contributed by atoms with van der Waals surface area (Å²) in [7, 11) is 0. The first kappa shape index (κ1) is 12.0. The first-order valence-electron chi connectivity index (χ1n) is 5.51. The average molecular weight is 254 g/mol. The van der Waals surface area contributed by atoms with Gasteiger partial charge in [-0.05, 0) is 26.2 Å². The Kier molecular flexibility index (Phi) is 3.42. The summed E-state index contributed by atoms with van der Waals surface area (Å²) in [6.07, 6.45) is 1.90. The molecule has 0 aliphatic heterocycles. The zero-order valence-electron chi connectivity index (χ0n) is 9.47. The van der Waals surface area contributed by atoms with Gasteiger partial charge in [-0.2, -0.15) is 0 Å². The molecule has 2 rings (SSSR count). The molecule has 1 aromatic rings. The van der Waals surface area contributed by atoms with Gasteiger partial charge in [0, 0.05) is 6.04 Å². The second-order valence-electron chi connectivity index (χ2n) is 4.29. The van der Waals surface area contributed by atoms with E-state index in [1.807, 2.05) is 0 Å². The summed E-state index contributed by atoms with van der Waals surface area (Å²) in [5, 5.41) is 11.7. The standard InChI is InChI=1S/C11H14N2O3S/c1-6-9(17-5-12-6)10(14)13-8-3-2-7(4-8)11(15)16/h5,7-8H,2-4H2,1H3,(H,13,14)(H,15,16)/t7-,8-/m0/s1. The van der Waals surface area contributed by atoms with Gasteiger partial charge in [-0.15, -0.1) is 11.3 Å². The van der Waals surface area contributed by atoms with Crippen molar-refractivity contribution in [1.82, 2.24) is 10.3 Å². The van der Waals surface area contributed by atoms with Crippen LogP contribution in [0.4, 0.5) is 0 Å². The number of carboxylic acid groups (broad SMARTS) is 1. The van der Waals surface area contributed by atoms with E-state index >= 15 is 0 Å². The molecule has 2 atom stereocenters. The normalized spacial score (nSPS) is 23.6. The van der Waals surface area contributed by atoms with Gasteiger partial charge in [0.15, 0.2) is 0 Å². The molecule has 2 N–H and O–H groups in total. The van der Waals surface area contributed by atoms with Crippen molar-refractivity contribution in [1.29, 1.82) is 0 Å². The van der Waals surface area contributed by atoms with Crippen molar-refractivity contribution in [3.05, 3.63) is 16.1 Å². The van der Waals surface area contributed by atoms with E-state index in [0.29, 0.717) is 17.7 Å². The lowest BCUT2D eigenvalue weighted by molar-refractivity contribution is -0.141. The first-order chi connectivity index (χ1) is 8.08. The molecule has 1 aromatic heterocycles. The zero-order valence-corrected chi connectivity index (χ0v) is 10.3. The molecule has 5 nitrogen and oxygen atoms in total. The van der Waals surface area contributed by atoms with Crippen LogP contribution in [0.1, 0.15) is 34.6 Å².